The Morgan fingerprint density at radius 1 is 1.13 bits per heavy atom. The van der Waals surface area contributed by atoms with Crippen LogP contribution in [-0.2, 0) is 6.42 Å². The first-order valence-corrected chi connectivity index (χ1v) is 8.37. The van der Waals surface area contributed by atoms with Crippen LogP contribution in [0.2, 0.25) is 5.02 Å². The third-order valence-electron chi connectivity index (χ3n) is 3.38. The van der Waals surface area contributed by atoms with Crippen molar-refractivity contribution in [2.75, 3.05) is 5.32 Å². The summed E-state index contributed by atoms with van der Waals surface area (Å²) in [6.07, 6.45) is 2.57. The van der Waals surface area contributed by atoms with Gasteiger partial charge in [-0.1, -0.05) is 41.4 Å². The molecule has 0 bridgehead atoms. The normalized spacial score (nSPS) is 10.5. The number of benzene rings is 2. The number of nitrogens with one attached hydrogen (secondary N) is 1. The van der Waals surface area contributed by atoms with Gasteiger partial charge in [0, 0.05) is 28.1 Å². The lowest BCUT2D eigenvalue weighted by molar-refractivity contribution is 0.102. The Balaban J connectivity index is 1.66. The Kier molecular flexibility index (Phi) is 4.74. The van der Waals surface area contributed by atoms with Crippen LogP contribution in [0, 0.1) is 6.92 Å². The van der Waals surface area contributed by atoms with Crippen LogP contribution in [0.25, 0.3) is 0 Å². The summed E-state index contributed by atoms with van der Waals surface area (Å²) in [5.74, 6) is -0.141. The van der Waals surface area contributed by atoms with E-state index in [1.165, 1.54) is 11.3 Å². The number of halogens is 1. The van der Waals surface area contributed by atoms with Crippen LogP contribution in [0.4, 0.5) is 5.13 Å². The maximum absolute atomic E-state index is 12.2. The Morgan fingerprint density at radius 3 is 2.52 bits per heavy atom. The third-order valence-corrected chi connectivity index (χ3v) is 4.54. The molecule has 2 aromatic carbocycles. The summed E-state index contributed by atoms with van der Waals surface area (Å²) in [5, 5.41) is 4.18. The molecule has 0 spiro atoms. The van der Waals surface area contributed by atoms with Crippen molar-refractivity contribution in [3.05, 3.63) is 81.3 Å². The molecular formula is C18H15ClN2OS. The van der Waals surface area contributed by atoms with E-state index in [-0.39, 0.29) is 5.91 Å². The predicted octanol–water partition coefficient (Wildman–Crippen LogP) is 4.95. The smallest absolute Gasteiger partial charge is 0.257 e. The van der Waals surface area contributed by atoms with Crippen molar-refractivity contribution in [2.45, 2.75) is 13.3 Å². The van der Waals surface area contributed by atoms with Crippen molar-refractivity contribution in [3.63, 3.8) is 0 Å². The van der Waals surface area contributed by atoms with Crippen molar-refractivity contribution in [3.8, 4) is 0 Å². The fourth-order valence-corrected chi connectivity index (χ4v) is 3.09. The number of amides is 1. The molecule has 5 heteroatoms. The first kappa shape index (κ1) is 15.7. The van der Waals surface area contributed by atoms with Gasteiger partial charge in [-0.15, -0.1) is 11.3 Å². The largest absolute Gasteiger partial charge is 0.298 e. The van der Waals surface area contributed by atoms with Crippen LogP contribution >= 0.6 is 22.9 Å². The zero-order chi connectivity index (χ0) is 16.2. The Bertz CT molecular complexity index is 810. The molecule has 1 heterocycles. The van der Waals surface area contributed by atoms with Gasteiger partial charge in [-0.25, -0.2) is 4.98 Å². The van der Waals surface area contributed by atoms with E-state index in [0.717, 1.165) is 27.4 Å². The quantitative estimate of drug-likeness (QED) is 0.729. The second-order valence-electron chi connectivity index (χ2n) is 5.26. The molecule has 0 radical (unpaired) electrons. The monoisotopic (exact) mass is 342 g/mol. The molecule has 1 amide bonds. The van der Waals surface area contributed by atoms with E-state index in [4.69, 9.17) is 11.6 Å². The summed E-state index contributed by atoms with van der Waals surface area (Å²) < 4.78 is 0. The molecule has 0 unspecified atom stereocenters. The molecule has 0 aliphatic heterocycles. The van der Waals surface area contributed by atoms with Crippen molar-refractivity contribution in [1.82, 2.24) is 4.98 Å². The summed E-state index contributed by atoms with van der Waals surface area (Å²) in [6.45, 7) is 1.99. The van der Waals surface area contributed by atoms with Crippen molar-refractivity contribution in [2.24, 2.45) is 0 Å². The predicted molar refractivity (Wildman–Crippen MR) is 95.5 cm³/mol. The number of hydrogen-bond acceptors (Lipinski definition) is 3. The Labute approximate surface area is 144 Å². The number of thiazole rings is 1. The van der Waals surface area contributed by atoms with E-state index in [2.05, 4.69) is 10.3 Å². The van der Waals surface area contributed by atoms with Crippen molar-refractivity contribution in [1.29, 1.82) is 0 Å². The van der Waals surface area contributed by atoms with Crippen LogP contribution in [0.5, 0.6) is 0 Å². The van der Waals surface area contributed by atoms with E-state index >= 15 is 0 Å². The standard InChI is InChI=1S/C18H15ClN2OS/c1-12-2-6-14(7-3-12)17(22)21-18-20-11-16(23-18)10-13-4-8-15(19)9-5-13/h2-9,11H,10H2,1H3,(H,20,21,22). The van der Waals surface area contributed by atoms with Gasteiger partial charge in [0.15, 0.2) is 5.13 Å². The SMILES string of the molecule is Cc1ccc(C(=O)Nc2ncc(Cc3ccc(Cl)cc3)s2)cc1. The fraction of sp³-hybridized carbons (Fsp3) is 0.111. The van der Waals surface area contributed by atoms with E-state index in [1.807, 2.05) is 55.5 Å². The van der Waals surface area contributed by atoms with Crippen molar-refractivity contribution >= 4 is 34.0 Å². The molecule has 3 aromatic rings. The Hall–Kier alpha value is -2.17. The molecule has 1 aromatic heterocycles. The topological polar surface area (TPSA) is 42.0 Å². The average Bonchev–Trinajstić information content (AvgIpc) is 2.97. The molecule has 3 rings (SSSR count). The summed E-state index contributed by atoms with van der Waals surface area (Å²) in [6, 6.07) is 15.2. The highest BCUT2D eigenvalue weighted by atomic mass is 35.5. The molecule has 1 N–H and O–H groups in total. The van der Waals surface area contributed by atoms with E-state index in [9.17, 15) is 4.79 Å². The lowest BCUT2D eigenvalue weighted by atomic mass is 10.1. The summed E-state index contributed by atoms with van der Waals surface area (Å²) in [5.41, 5.74) is 2.92. The first-order chi connectivity index (χ1) is 11.1. The molecule has 0 fully saturated rings. The molecule has 0 aliphatic carbocycles. The van der Waals surface area contributed by atoms with Gasteiger partial charge in [-0.05, 0) is 36.8 Å². The fourth-order valence-electron chi connectivity index (χ4n) is 2.12. The van der Waals surface area contributed by atoms with Gasteiger partial charge in [0.1, 0.15) is 0 Å². The summed E-state index contributed by atoms with van der Waals surface area (Å²) in [4.78, 5) is 17.5. The maximum Gasteiger partial charge on any atom is 0.257 e. The minimum absolute atomic E-state index is 0.141. The van der Waals surface area contributed by atoms with Gasteiger partial charge in [0.2, 0.25) is 0 Å². The lowest BCUT2D eigenvalue weighted by Crippen LogP contribution is -2.11. The van der Waals surface area contributed by atoms with Gasteiger partial charge >= 0.3 is 0 Å². The second kappa shape index (κ2) is 6.94. The number of hydrogen-bond donors (Lipinski definition) is 1. The van der Waals surface area contributed by atoms with Crippen LogP contribution in [-0.4, -0.2) is 10.9 Å². The maximum atomic E-state index is 12.2. The average molecular weight is 343 g/mol. The van der Waals surface area contributed by atoms with Gasteiger partial charge in [-0.2, -0.15) is 0 Å². The number of carbonyl (C=O) groups excluding carboxylic acids is 1. The molecule has 23 heavy (non-hydrogen) atoms. The number of anilines is 1. The molecule has 116 valence electrons. The second-order valence-corrected chi connectivity index (χ2v) is 6.81. The van der Waals surface area contributed by atoms with Crippen molar-refractivity contribution < 1.29 is 4.79 Å². The van der Waals surface area contributed by atoms with E-state index < -0.39 is 0 Å². The summed E-state index contributed by atoms with van der Waals surface area (Å²) in [7, 11) is 0. The molecule has 3 nitrogen and oxygen atoms in total. The minimum Gasteiger partial charge on any atom is -0.298 e. The molecule has 0 aliphatic rings. The van der Waals surface area contributed by atoms with Gasteiger partial charge in [-0.3, -0.25) is 10.1 Å². The number of nitrogens with zero attached hydrogens (tertiary/aromatic N) is 1. The van der Waals surface area contributed by atoms with Crippen LogP contribution in [0.3, 0.4) is 0 Å². The van der Waals surface area contributed by atoms with Crippen LogP contribution in [0.15, 0.2) is 54.7 Å². The summed E-state index contributed by atoms with van der Waals surface area (Å²) >= 11 is 7.37. The lowest BCUT2D eigenvalue weighted by Gasteiger charge is -2.02. The first-order valence-electron chi connectivity index (χ1n) is 7.17. The number of aryl methyl sites for hydroxylation is 1. The highest BCUT2D eigenvalue weighted by molar-refractivity contribution is 7.15. The number of aromatic nitrogens is 1. The Morgan fingerprint density at radius 2 is 1.83 bits per heavy atom. The molecule has 0 saturated heterocycles. The zero-order valence-corrected chi connectivity index (χ0v) is 14.1. The van der Waals surface area contributed by atoms with Crippen LogP contribution in [0.1, 0.15) is 26.4 Å². The molecule has 0 atom stereocenters. The van der Waals surface area contributed by atoms with Crippen LogP contribution < -0.4 is 5.32 Å². The molecular weight excluding hydrogens is 328 g/mol. The van der Waals surface area contributed by atoms with Gasteiger partial charge in [0.25, 0.3) is 5.91 Å². The highest BCUT2D eigenvalue weighted by Crippen LogP contribution is 2.22. The highest BCUT2D eigenvalue weighted by Gasteiger charge is 2.09. The third kappa shape index (κ3) is 4.18. The zero-order valence-electron chi connectivity index (χ0n) is 12.5. The number of carbonyl (C=O) groups is 1. The van der Waals surface area contributed by atoms with E-state index in [1.54, 1.807) is 6.20 Å². The van der Waals surface area contributed by atoms with Gasteiger partial charge < -0.3 is 0 Å². The number of rotatable bonds is 4. The van der Waals surface area contributed by atoms with E-state index in [0.29, 0.717) is 10.7 Å². The van der Waals surface area contributed by atoms with Gasteiger partial charge in [0.05, 0.1) is 0 Å². The molecule has 0 saturated carbocycles. The minimum atomic E-state index is -0.141.